The third kappa shape index (κ3) is 6.36. The number of fused-ring (bicyclic) bond motifs is 1. The second kappa shape index (κ2) is 8.99. The van der Waals surface area contributed by atoms with E-state index < -0.39 is 17.9 Å². The van der Waals surface area contributed by atoms with Crippen LogP contribution in [-0.2, 0) is 25.5 Å². The van der Waals surface area contributed by atoms with Crippen LogP contribution in [0.25, 0.3) is 0 Å². The van der Waals surface area contributed by atoms with Gasteiger partial charge in [-0.3, -0.25) is 9.59 Å². The Morgan fingerprint density at radius 3 is 2.63 bits per heavy atom. The lowest BCUT2D eigenvalue weighted by molar-refractivity contribution is -0.142. The molecule has 0 spiro atoms. The molecule has 0 aromatic heterocycles. The highest BCUT2D eigenvalue weighted by atomic mass is 16.5. The number of carboxylic acids is 1. The molecule has 148 valence electrons. The molecular weight excluding hydrogens is 348 g/mol. The molecule has 1 unspecified atom stereocenters. The first kappa shape index (κ1) is 20.9. The van der Waals surface area contributed by atoms with E-state index in [0.717, 1.165) is 11.3 Å². The zero-order chi connectivity index (χ0) is 20.0. The molecule has 2 amide bonds. The summed E-state index contributed by atoms with van der Waals surface area (Å²) in [6.07, 6.45) is 1.35. The molecule has 0 radical (unpaired) electrons. The molecular formula is C20H28N2O5. The van der Waals surface area contributed by atoms with Crippen LogP contribution in [0.4, 0.5) is 5.69 Å². The van der Waals surface area contributed by atoms with Crippen molar-refractivity contribution in [3.8, 4) is 0 Å². The molecule has 2 N–H and O–H groups in total. The number of benzene rings is 1. The first-order valence-electron chi connectivity index (χ1n) is 9.22. The molecule has 0 saturated heterocycles. The predicted molar refractivity (Wildman–Crippen MR) is 102 cm³/mol. The van der Waals surface area contributed by atoms with Crippen LogP contribution in [0, 0.1) is 0 Å². The summed E-state index contributed by atoms with van der Waals surface area (Å²) in [4.78, 5) is 37.4. The minimum absolute atomic E-state index is 0.0186. The zero-order valence-electron chi connectivity index (χ0n) is 16.2. The number of aryl methyl sites for hydroxylation is 1. The fourth-order valence-electron chi connectivity index (χ4n) is 2.96. The number of nitrogens with zero attached hydrogens (tertiary/aromatic N) is 1. The Morgan fingerprint density at radius 1 is 1.26 bits per heavy atom. The number of para-hydroxylation sites is 1. The summed E-state index contributed by atoms with van der Waals surface area (Å²) in [5.74, 6) is -1.51. The summed E-state index contributed by atoms with van der Waals surface area (Å²) in [6.45, 7) is 6.11. The average molecular weight is 376 g/mol. The van der Waals surface area contributed by atoms with Gasteiger partial charge >= 0.3 is 5.97 Å². The van der Waals surface area contributed by atoms with Gasteiger partial charge < -0.3 is 20.1 Å². The highest BCUT2D eigenvalue weighted by Gasteiger charge is 2.25. The quantitative estimate of drug-likeness (QED) is 0.725. The van der Waals surface area contributed by atoms with Crippen molar-refractivity contribution in [3.05, 3.63) is 29.8 Å². The van der Waals surface area contributed by atoms with Gasteiger partial charge in [-0.15, -0.1) is 0 Å². The van der Waals surface area contributed by atoms with Gasteiger partial charge in [0.05, 0.1) is 5.60 Å². The maximum absolute atomic E-state index is 12.2. The van der Waals surface area contributed by atoms with Crippen molar-refractivity contribution in [3.63, 3.8) is 0 Å². The van der Waals surface area contributed by atoms with Gasteiger partial charge in [0.15, 0.2) is 0 Å². The van der Waals surface area contributed by atoms with Crippen LogP contribution < -0.4 is 10.2 Å². The van der Waals surface area contributed by atoms with Crippen LogP contribution in [0.5, 0.6) is 0 Å². The maximum atomic E-state index is 12.2. The van der Waals surface area contributed by atoms with E-state index in [-0.39, 0.29) is 37.5 Å². The van der Waals surface area contributed by atoms with Gasteiger partial charge in [0, 0.05) is 38.1 Å². The summed E-state index contributed by atoms with van der Waals surface area (Å²) in [6, 6.07) is 6.62. The average Bonchev–Trinajstić information content (AvgIpc) is 2.59. The maximum Gasteiger partial charge on any atom is 0.326 e. The molecule has 0 fully saturated rings. The number of aliphatic carboxylic acids is 1. The Morgan fingerprint density at radius 2 is 1.96 bits per heavy atom. The Labute approximate surface area is 159 Å². The Balaban J connectivity index is 1.89. The summed E-state index contributed by atoms with van der Waals surface area (Å²) in [7, 11) is 0. The van der Waals surface area contributed by atoms with Crippen LogP contribution in [0.3, 0.4) is 0 Å². The highest BCUT2D eigenvalue weighted by Crippen LogP contribution is 2.27. The van der Waals surface area contributed by atoms with Crippen LogP contribution in [0.2, 0.25) is 0 Å². The number of carbonyl (C=O) groups is 3. The fraction of sp³-hybridized carbons (Fsp3) is 0.550. The number of rotatable bonds is 8. The normalized spacial score (nSPS) is 15.2. The van der Waals surface area contributed by atoms with Gasteiger partial charge in [0.2, 0.25) is 11.8 Å². The van der Waals surface area contributed by atoms with E-state index in [0.29, 0.717) is 12.8 Å². The van der Waals surface area contributed by atoms with Crippen molar-refractivity contribution in [2.75, 3.05) is 18.1 Å². The van der Waals surface area contributed by atoms with Crippen LogP contribution in [0.15, 0.2) is 24.3 Å². The van der Waals surface area contributed by atoms with Gasteiger partial charge in [0.25, 0.3) is 0 Å². The van der Waals surface area contributed by atoms with Gasteiger partial charge in [-0.1, -0.05) is 18.2 Å². The number of nitrogens with one attached hydrogen (secondary N) is 1. The number of hydrogen-bond donors (Lipinski definition) is 2. The van der Waals surface area contributed by atoms with Gasteiger partial charge in [-0.05, 0) is 38.8 Å². The van der Waals surface area contributed by atoms with Crippen molar-refractivity contribution in [1.29, 1.82) is 0 Å². The van der Waals surface area contributed by atoms with Crippen molar-refractivity contribution in [1.82, 2.24) is 5.32 Å². The van der Waals surface area contributed by atoms with E-state index in [2.05, 4.69) is 5.32 Å². The second-order valence-electron chi connectivity index (χ2n) is 7.63. The lowest BCUT2D eigenvalue weighted by Crippen LogP contribution is -2.44. The van der Waals surface area contributed by atoms with Crippen molar-refractivity contribution < 1.29 is 24.2 Å². The first-order chi connectivity index (χ1) is 12.7. The number of anilines is 1. The molecule has 0 saturated carbocycles. The number of carboxylic acid groups (broad SMARTS) is 1. The molecule has 1 aliphatic rings. The lowest BCUT2D eigenvalue weighted by Gasteiger charge is -2.29. The largest absolute Gasteiger partial charge is 0.480 e. The number of hydrogen-bond acceptors (Lipinski definition) is 4. The molecule has 1 heterocycles. The third-order valence-electron chi connectivity index (χ3n) is 4.33. The van der Waals surface area contributed by atoms with E-state index in [1.807, 2.05) is 45.0 Å². The summed E-state index contributed by atoms with van der Waals surface area (Å²) >= 11 is 0. The lowest BCUT2D eigenvalue weighted by atomic mass is 10.0. The predicted octanol–water partition coefficient (Wildman–Crippen LogP) is 2.13. The Hall–Kier alpha value is -2.41. The number of ether oxygens (including phenoxy) is 1. The number of amides is 2. The standard InChI is InChI=1S/C20H28N2O5/c1-20(2,3)27-13-11-15(19(25)26)21-17(23)10-12-22-16-7-5-4-6-14(16)8-9-18(22)24/h4-7,15H,8-13H2,1-3H3,(H,21,23)(H,25,26). The molecule has 0 bridgehead atoms. The molecule has 27 heavy (non-hydrogen) atoms. The Kier molecular flexibility index (Phi) is 6.96. The SMILES string of the molecule is CC(C)(C)OCCC(NC(=O)CCN1C(=O)CCc2ccccc21)C(=O)O. The zero-order valence-corrected chi connectivity index (χ0v) is 16.2. The molecule has 7 heteroatoms. The fourth-order valence-corrected chi connectivity index (χ4v) is 2.96. The molecule has 7 nitrogen and oxygen atoms in total. The van der Waals surface area contributed by atoms with Gasteiger partial charge in [-0.2, -0.15) is 0 Å². The van der Waals surface area contributed by atoms with Crippen LogP contribution in [0.1, 0.15) is 45.6 Å². The monoisotopic (exact) mass is 376 g/mol. The molecule has 0 aliphatic carbocycles. The molecule has 2 rings (SSSR count). The molecule has 1 aromatic rings. The summed E-state index contributed by atoms with van der Waals surface area (Å²) in [5, 5.41) is 11.8. The summed E-state index contributed by atoms with van der Waals surface area (Å²) in [5.41, 5.74) is 1.55. The van der Waals surface area contributed by atoms with E-state index in [1.54, 1.807) is 4.90 Å². The minimum Gasteiger partial charge on any atom is -0.480 e. The van der Waals surface area contributed by atoms with Crippen LogP contribution in [-0.4, -0.2) is 47.7 Å². The summed E-state index contributed by atoms with van der Waals surface area (Å²) < 4.78 is 5.53. The Bertz CT molecular complexity index is 696. The van der Waals surface area contributed by atoms with E-state index in [4.69, 9.17) is 4.74 Å². The van der Waals surface area contributed by atoms with E-state index >= 15 is 0 Å². The highest BCUT2D eigenvalue weighted by molar-refractivity contribution is 5.97. The molecule has 1 aliphatic heterocycles. The third-order valence-corrected chi connectivity index (χ3v) is 4.33. The van der Waals surface area contributed by atoms with Crippen molar-refractivity contribution in [2.45, 2.75) is 58.1 Å². The first-order valence-corrected chi connectivity index (χ1v) is 9.22. The minimum atomic E-state index is -1.10. The van der Waals surface area contributed by atoms with Crippen molar-refractivity contribution >= 4 is 23.5 Å². The van der Waals surface area contributed by atoms with Gasteiger partial charge in [0.1, 0.15) is 6.04 Å². The van der Waals surface area contributed by atoms with Crippen LogP contribution >= 0.6 is 0 Å². The van der Waals surface area contributed by atoms with Gasteiger partial charge in [-0.25, -0.2) is 4.79 Å². The van der Waals surface area contributed by atoms with E-state index in [1.165, 1.54) is 0 Å². The van der Waals surface area contributed by atoms with Crippen molar-refractivity contribution in [2.24, 2.45) is 0 Å². The number of carbonyl (C=O) groups excluding carboxylic acids is 2. The molecule has 1 atom stereocenters. The topological polar surface area (TPSA) is 95.9 Å². The van der Waals surface area contributed by atoms with E-state index in [9.17, 15) is 19.5 Å². The molecule has 1 aromatic carbocycles. The second-order valence-corrected chi connectivity index (χ2v) is 7.63. The smallest absolute Gasteiger partial charge is 0.326 e.